The van der Waals surface area contributed by atoms with Crippen molar-refractivity contribution in [2.24, 2.45) is 0 Å². The van der Waals surface area contributed by atoms with Gasteiger partial charge >= 0.3 is 0 Å². The monoisotopic (exact) mass is 326 g/mol. The maximum atomic E-state index is 12.5. The summed E-state index contributed by atoms with van der Waals surface area (Å²) in [5.41, 5.74) is 1.16. The van der Waals surface area contributed by atoms with E-state index in [1.165, 1.54) is 0 Å². The quantitative estimate of drug-likeness (QED) is 0.851. The number of pyridine rings is 1. The Balaban J connectivity index is 1.64. The predicted octanol–water partition coefficient (Wildman–Crippen LogP) is 2.57. The molecule has 1 amide bonds. The first-order chi connectivity index (χ1) is 11.2. The Hall–Kier alpha value is -2.58. The fraction of sp³-hybridized carbons (Fsp3) is 0.235. The molecule has 1 saturated heterocycles. The zero-order valence-corrected chi connectivity index (χ0v) is 13.2. The molecule has 0 N–H and O–H groups in total. The van der Waals surface area contributed by atoms with E-state index in [4.69, 9.17) is 16.9 Å². The van der Waals surface area contributed by atoms with Gasteiger partial charge in [0.2, 0.25) is 0 Å². The summed E-state index contributed by atoms with van der Waals surface area (Å²) in [4.78, 5) is 20.7. The fourth-order valence-corrected chi connectivity index (χ4v) is 2.77. The van der Waals surface area contributed by atoms with Crippen LogP contribution in [0.4, 0.5) is 5.82 Å². The number of rotatable bonds is 2. The van der Waals surface area contributed by atoms with Crippen LogP contribution >= 0.6 is 11.6 Å². The molecule has 3 rings (SSSR count). The molecule has 5 nitrogen and oxygen atoms in total. The van der Waals surface area contributed by atoms with Gasteiger partial charge in [0.1, 0.15) is 11.9 Å². The second-order valence-corrected chi connectivity index (χ2v) is 5.74. The van der Waals surface area contributed by atoms with Crippen LogP contribution in [0.3, 0.4) is 0 Å². The molecule has 1 aromatic carbocycles. The summed E-state index contributed by atoms with van der Waals surface area (Å²) in [5, 5.41) is 9.37. The zero-order valence-electron chi connectivity index (χ0n) is 12.4. The van der Waals surface area contributed by atoms with Crippen molar-refractivity contribution in [3.8, 4) is 6.07 Å². The molecule has 116 valence electrons. The van der Waals surface area contributed by atoms with Crippen molar-refractivity contribution in [2.45, 2.75) is 0 Å². The summed E-state index contributed by atoms with van der Waals surface area (Å²) in [6, 6.07) is 12.7. The van der Waals surface area contributed by atoms with E-state index in [9.17, 15) is 4.79 Å². The van der Waals surface area contributed by atoms with E-state index in [0.717, 1.165) is 5.82 Å². The number of nitriles is 1. The number of amides is 1. The van der Waals surface area contributed by atoms with E-state index < -0.39 is 0 Å². The minimum absolute atomic E-state index is 0.0000578. The summed E-state index contributed by atoms with van der Waals surface area (Å²) < 4.78 is 0. The Morgan fingerprint density at radius 2 is 1.96 bits per heavy atom. The molecule has 0 radical (unpaired) electrons. The van der Waals surface area contributed by atoms with Crippen LogP contribution in [0.2, 0.25) is 5.02 Å². The molecule has 1 aliphatic rings. The van der Waals surface area contributed by atoms with Crippen LogP contribution in [0.25, 0.3) is 0 Å². The lowest BCUT2D eigenvalue weighted by Gasteiger charge is -2.35. The highest BCUT2D eigenvalue weighted by atomic mass is 35.5. The standard InChI is InChI=1S/C17H15ClN4O/c18-15-3-1-2-14(10-15)17(23)22-8-6-21(7-9-22)16-5-4-13(11-19)12-20-16/h1-5,10,12H,6-9H2. The first-order valence-electron chi connectivity index (χ1n) is 7.33. The van der Waals surface area contributed by atoms with Gasteiger partial charge in [-0.25, -0.2) is 4.98 Å². The molecule has 0 atom stereocenters. The van der Waals surface area contributed by atoms with Crippen LogP contribution in [0, 0.1) is 11.3 Å². The Morgan fingerprint density at radius 3 is 2.57 bits per heavy atom. The number of hydrogen-bond donors (Lipinski definition) is 0. The molecule has 0 saturated carbocycles. The first kappa shape index (κ1) is 15.3. The molecule has 0 spiro atoms. The van der Waals surface area contributed by atoms with E-state index in [0.29, 0.717) is 42.3 Å². The average Bonchev–Trinajstić information content (AvgIpc) is 2.61. The van der Waals surface area contributed by atoms with Gasteiger partial charge in [-0.15, -0.1) is 0 Å². The van der Waals surface area contributed by atoms with Crippen LogP contribution in [0.5, 0.6) is 0 Å². The van der Waals surface area contributed by atoms with Crippen LogP contribution in [-0.4, -0.2) is 42.0 Å². The minimum Gasteiger partial charge on any atom is -0.353 e. The van der Waals surface area contributed by atoms with E-state index >= 15 is 0 Å². The number of benzene rings is 1. The average molecular weight is 327 g/mol. The van der Waals surface area contributed by atoms with E-state index in [2.05, 4.69) is 16.0 Å². The number of hydrogen-bond acceptors (Lipinski definition) is 4. The van der Waals surface area contributed by atoms with Gasteiger partial charge in [0.15, 0.2) is 0 Å². The predicted molar refractivity (Wildman–Crippen MR) is 88.5 cm³/mol. The van der Waals surface area contributed by atoms with E-state index in [-0.39, 0.29) is 5.91 Å². The molecule has 1 aromatic heterocycles. The smallest absolute Gasteiger partial charge is 0.254 e. The topological polar surface area (TPSA) is 60.2 Å². The lowest BCUT2D eigenvalue weighted by molar-refractivity contribution is 0.0746. The Kier molecular flexibility index (Phi) is 4.45. The molecule has 2 heterocycles. The Labute approximate surface area is 139 Å². The largest absolute Gasteiger partial charge is 0.353 e. The van der Waals surface area contributed by atoms with E-state index in [1.807, 2.05) is 11.0 Å². The van der Waals surface area contributed by atoms with Gasteiger partial charge in [0, 0.05) is 43.0 Å². The maximum absolute atomic E-state index is 12.5. The Morgan fingerprint density at radius 1 is 1.17 bits per heavy atom. The van der Waals surface area contributed by atoms with Gasteiger partial charge in [-0.3, -0.25) is 4.79 Å². The molecular formula is C17H15ClN4O. The molecular weight excluding hydrogens is 312 g/mol. The van der Waals surface area contributed by atoms with Crippen LogP contribution in [0.15, 0.2) is 42.6 Å². The van der Waals surface area contributed by atoms with Crippen molar-refractivity contribution in [1.82, 2.24) is 9.88 Å². The highest BCUT2D eigenvalue weighted by Gasteiger charge is 2.22. The minimum atomic E-state index is -0.0000578. The lowest BCUT2D eigenvalue weighted by atomic mass is 10.2. The molecule has 1 aliphatic heterocycles. The third-order valence-electron chi connectivity index (χ3n) is 3.84. The molecule has 0 aliphatic carbocycles. The SMILES string of the molecule is N#Cc1ccc(N2CCN(C(=O)c3cccc(Cl)c3)CC2)nc1. The summed E-state index contributed by atoms with van der Waals surface area (Å²) in [7, 11) is 0. The van der Waals surface area contributed by atoms with Gasteiger partial charge in [-0.1, -0.05) is 17.7 Å². The summed E-state index contributed by atoms with van der Waals surface area (Å²) in [6.07, 6.45) is 1.57. The number of piperazine rings is 1. The number of aromatic nitrogens is 1. The lowest BCUT2D eigenvalue weighted by Crippen LogP contribution is -2.49. The van der Waals surface area contributed by atoms with E-state index in [1.54, 1.807) is 36.5 Å². The molecule has 6 heteroatoms. The van der Waals surface area contributed by atoms with Crippen molar-refractivity contribution >= 4 is 23.3 Å². The van der Waals surface area contributed by atoms with Gasteiger partial charge in [-0.2, -0.15) is 5.26 Å². The summed E-state index contributed by atoms with van der Waals surface area (Å²) in [5.74, 6) is 0.832. The van der Waals surface area contributed by atoms with Gasteiger partial charge < -0.3 is 9.80 Å². The highest BCUT2D eigenvalue weighted by Crippen LogP contribution is 2.17. The number of carbonyl (C=O) groups is 1. The van der Waals surface area contributed by atoms with Crippen LogP contribution in [-0.2, 0) is 0 Å². The fourth-order valence-electron chi connectivity index (χ4n) is 2.58. The van der Waals surface area contributed by atoms with Crippen LogP contribution < -0.4 is 4.90 Å². The van der Waals surface area contributed by atoms with Crippen molar-refractivity contribution in [3.63, 3.8) is 0 Å². The molecule has 23 heavy (non-hydrogen) atoms. The van der Waals surface area contributed by atoms with Gasteiger partial charge in [0.25, 0.3) is 5.91 Å². The van der Waals surface area contributed by atoms with Crippen LogP contribution in [0.1, 0.15) is 15.9 Å². The second kappa shape index (κ2) is 6.67. The van der Waals surface area contributed by atoms with Crippen molar-refractivity contribution in [3.05, 3.63) is 58.7 Å². The number of carbonyl (C=O) groups excluding carboxylic acids is 1. The third-order valence-corrected chi connectivity index (χ3v) is 4.07. The first-order valence-corrected chi connectivity index (χ1v) is 7.71. The number of anilines is 1. The van der Waals surface area contributed by atoms with Crippen molar-refractivity contribution in [2.75, 3.05) is 31.1 Å². The molecule has 0 unspecified atom stereocenters. The summed E-state index contributed by atoms with van der Waals surface area (Å²) >= 11 is 5.95. The normalized spacial score (nSPS) is 14.4. The summed E-state index contributed by atoms with van der Waals surface area (Å²) in [6.45, 7) is 2.69. The molecule has 0 bridgehead atoms. The van der Waals surface area contributed by atoms with Crippen molar-refractivity contribution in [1.29, 1.82) is 5.26 Å². The molecule has 2 aromatic rings. The number of halogens is 1. The van der Waals surface area contributed by atoms with Gasteiger partial charge in [0.05, 0.1) is 5.56 Å². The zero-order chi connectivity index (χ0) is 16.2. The van der Waals surface area contributed by atoms with Crippen molar-refractivity contribution < 1.29 is 4.79 Å². The van der Waals surface area contributed by atoms with Gasteiger partial charge in [-0.05, 0) is 30.3 Å². The Bertz CT molecular complexity index is 746. The second-order valence-electron chi connectivity index (χ2n) is 5.31. The molecule has 1 fully saturated rings. The number of nitrogens with zero attached hydrogens (tertiary/aromatic N) is 4. The highest BCUT2D eigenvalue weighted by molar-refractivity contribution is 6.30. The maximum Gasteiger partial charge on any atom is 0.254 e. The third kappa shape index (κ3) is 3.43.